The third-order valence-corrected chi connectivity index (χ3v) is 6.33. The summed E-state index contributed by atoms with van der Waals surface area (Å²) in [6.07, 6.45) is -5.83. The molecule has 1 aliphatic carbocycles. The van der Waals surface area contributed by atoms with Gasteiger partial charge in [-0.25, -0.2) is 0 Å². The van der Waals surface area contributed by atoms with Crippen LogP contribution in [0.4, 0.5) is 0 Å². The Kier molecular flexibility index (Phi) is 6.41. The summed E-state index contributed by atoms with van der Waals surface area (Å²) in [6, 6.07) is 1.19. The summed E-state index contributed by atoms with van der Waals surface area (Å²) in [6.45, 7) is 1.03. The van der Waals surface area contributed by atoms with Crippen LogP contribution in [-0.4, -0.2) is 85.8 Å². The highest BCUT2D eigenvalue weighted by Gasteiger charge is 2.47. The number of aliphatic hydroxyl groups excluding tert-OH is 4. The van der Waals surface area contributed by atoms with Crippen LogP contribution < -0.4 is 0 Å². The first-order chi connectivity index (χ1) is 14.2. The van der Waals surface area contributed by atoms with E-state index in [1.54, 1.807) is 6.92 Å². The van der Waals surface area contributed by atoms with Crippen molar-refractivity contribution in [1.82, 2.24) is 0 Å². The molecule has 164 valence electrons. The Hall–Kier alpha value is -2.15. The van der Waals surface area contributed by atoms with Gasteiger partial charge in [0.25, 0.3) is 0 Å². The lowest BCUT2D eigenvalue weighted by atomic mass is 9.89. The van der Waals surface area contributed by atoms with Gasteiger partial charge in [-0.15, -0.1) is 0 Å². The van der Waals surface area contributed by atoms with Crippen LogP contribution in [-0.2, 0) is 15.9 Å². The Bertz CT molecular complexity index is 909. The standard InChI is InChI=1S/C19H22O10S/c1-3-6-4-7(21)9-10(11(6)22)13(24)17(28-2)18(14(9)25)30-19-16(27)15(26)12(23)8(5-20)29-19/h4,8,12,15-16,19-23,26-27H,3,5H2,1-2H3/t8-,12-,15+,16-,19+/m1/s1. The monoisotopic (exact) mass is 442 g/mol. The summed E-state index contributed by atoms with van der Waals surface area (Å²) < 4.78 is 10.5. The number of fused-ring (bicyclic) bond motifs is 1. The second-order valence-electron chi connectivity index (χ2n) is 6.84. The third-order valence-electron chi connectivity index (χ3n) is 5.10. The van der Waals surface area contributed by atoms with Crippen molar-refractivity contribution in [1.29, 1.82) is 0 Å². The SMILES string of the molecule is CCc1cc(O)c2c(c1O)C(=O)C(OC)=C(S[C@@H]1O[C@H](CO)[C@@H](O)[C@H](O)[C@H]1O)C2=O. The summed E-state index contributed by atoms with van der Waals surface area (Å²) in [5.74, 6) is -3.06. The summed E-state index contributed by atoms with van der Waals surface area (Å²) >= 11 is 0.544. The maximum absolute atomic E-state index is 13.1. The number of carbonyl (C=O) groups excluding carboxylic acids is 2. The largest absolute Gasteiger partial charge is 0.507 e. The Morgan fingerprint density at radius 3 is 2.30 bits per heavy atom. The fourth-order valence-corrected chi connectivity index (χ4v) is 4.66. The van der Waals surface area contributed by atoms with Gasteiger partial charge in [0.05, 0.1) is 24.8 Å². The molecule has 1 aromatic rings. The molecule has 11 heteroatoms. The van der Waals surface area contributed by atoms with Crippen molar-refractivity contribution in [2.45, 2.75) is 43.2 Å². The van der Waals surface area contributed by atoms with Gasteiger partial charge in [0.15, 0.2) is 5.76 Å². The predicted octanol–water partition coefficient (Wildman–Crippen LogP) is -0.570. The van der Waals surface area contributed by atoms with E-state index in [0.717, 1.165) is 7.11 Å². The molecule has 1 fully saturated rings. The van der Waals surface area contributed by atoms with Crippen molar-refractivity contribution < 1.29 is 49.7 Å². The highest BCUT2D eigenvalue weighted by atomic mass is 32.2. The average molecular weight is 442 g/mol. The first-order valence-corrected chi connectivity index (χ1v) is 9.98. The van der Waals surface area contributed by atoms with Crippen LogP contribution in [0.5, 0.6) is 11.5 Å². The number of ether oxygens (including phenoxy) is 2. The summed E-state index contributed by atoms with van der Waals surface area (Å²) in [7, 11) is 1.14. The number of Topliss-reactive ketones (excluding diaryl/α,β-unsaturated/α-hetero) is 2. The molecular formula is C19H22O10S. The molecule has 3 rings (SSSR count). The number of benzene rings is 1. The maximum atomic E-state index is 13.1. The molecule has 0 saturated carbocycles. The number of hydrogen-bond donors (Lipinski definition) is 6. The Labute approximate surface area is 175 Å². The van der Waals surface area contributed by atoms with E-state index in [1.165, 1.54) is 6.07 Å². The Morgan fingerprint density at radius 1 is 1.07 bits per heavy atom. The van der Waals surface area contributed by atoms with Crippen molar-refractivity contribution >= 4 is 23.3 Å². The number of aryl methyl sites for hydroxylation is 1. The molecule has 5 atom stereocenters. The van der Waals surface area contributed by atoms with Gasteiger partial charge in [-0.05, 0) is 18.1 Å². The number of aromatic hydroxyl groups is 2. The molecule has 6 N–H and O–H groups in total. The van der Waals surface area contributed by atoms with E-state index in [0.29, 0.717) is 18.2 Å². The normalized spacial score (nSPS) is 29.2. The van der Waals surface area contributed by atoms with Gasteiger partial charge in [-0.2, -0.15) is 0 Å². The molecule has 1 saturated heterocycles. The smallest absolute Gasteiger partial charge is 0.233 e. The minimum atomic E-state index is -1.67. The third kappa shape index (κ3) is 3.47. The van der Waals surface area contributed by atoms with Gasteiger partial charge >= 0.3 is 0 Å². The van der Waals surface area contributed by atoms with Crippen LogP contribution in [0.3, 0.4) is 0 Å². The number of carbonyl (C=O) groups is 2. The quantitative estimate of drug-likeness (QED) is 0.322. The van der Waals surface area contributed by atoms with Gasteiger partial charge in [-0.3, -0.25) is 9.59 Å². The molecule has 0 unspecified atom stereocenters. The number of methoxy groups -OCH3 is 1. The van der Waals surface area contributed by atoms with Crippen molar-refractivity contribution in [2.75, 3.05) is 13.7 Å². The van der Waals surface area contributed by atoms with Gasteiger partial charge in [0.1, 0.15) is 46.3 Å². The second kappa shape index (κ2) is 8.53. The number of phenolic OH excluding ortho intramolecular Hbond substituents is 2. The number of rotatable bonds is 5. The number of thioether (sulfide) groups is 1. The lowest BCUT2D eigenvalue weighted by molar-refractivity contribution is -0.205. The second-order valence-corrected chi connectivity index (χ2v) is 7.95. The van der Waals surface area contributed by atoms with Crippen molar-refractivity contribution in [2.24, 2.45) is 0 Å². The van der Waals surface area contributed by atoms with Crippen LogP contribution in [0.15, 0.2) is 16.7 Å². The number of hydrogen-bond acceptors (Lipinski definition) is 11. The predicted molar refractivity (Wildman–Crippen MR) is 103 cm³/mol. The van der Waals surface area contributed by atoms with Crippen molar-refractivity contribution in [3.05, 3.63) is 33.4 Å². The number of aliphatic hydroxyl groups is 4. The fourth-order valence-electron chi connectivity index (χ4n) is 3.44. The first kappa shape index (κ1) is 22.5. The molecule has 30 heavy (non-hydrogen) atoms. The van der Waals surface area contributed by atoms with Crippen LogP contribution in [0.1, 0.15) is 33.2 Å². The molecule has 10 nitrogen and oxygen atoms in total. The van der Waals surface area contributed by atoms with Gasteiger partial charge in [0.2, 0.25) is 11.6 Å². The minimum absolute atomic E-state index is 0.271. The molecule has 0 amide bonds. The Morgan fingerprint density at radius 2 is 1.73 bits per heavy atom. The van der Waals surface area contributed by atoms with E-state index >= 15 is 0 Å². The Balaban J connectivity index is 2.05. The van der Waals surface area contributed by atoms with Crippen molar-refractivity contribution in [3.8, 4) is 11.5 Å². The molecule has 0 bridgehead atoms. The summed E-state index contributed by atoms with van der Waals surface area (Å²) in [4.78, 5) is 25.7. The highest BCUT2D eigenvalue weighted by molar-refractivity contribution is 8.04. The van der Waals surface area contributed by atoms with E-state index in [-0.39, 0.29) is 16.0 Å². The molecular weight excluding hydrogens is 420 g/mol. The maximum Gasteiger partial charge on any atom is 0.233 e. The van der Waals surface area contributed by atoms with Crippen LogP contribution in [0, 0.1) is 0 Å². The highest BCUT2D eigenvalue weighted by Crippen LogP contribution is 2.44. The van der Waals surface area contributed by atoms with E-state index < -0.39 is 70.8 Å². The zero-order chi connectivity index (χ0) is 22.3. The zero-order valence-electron chi connectivity index (χ0n) is 16.1. The van der Waals surface area contributed by atoms with Crippen LogP contribution in [0.25, 0.3) is 0 Å². The average Bonchev–Trinajstić information content (AvgIpc) is 2.73. The van der Waals surface area contributed by atoms with E-state index in [4.69, 9.17) is 9.47 Å². The fraction of sp³-hybridized carbons (Fsp3) is 0.474. The minimum Gasteiger partial charge on any atom is -0.507 e. The lowest BCUT2D eigenvalue weighted by Gasteiger charge is -2.40. The summed E-state index contributed by atoms with van der Waals surface area (Å²) in [5, 5.41) is 60.2. The molecule has 0 spiro atoms. The van der Waals surface area contributed by atoms with Gasteiger partial charge in [0, 0.05) is 0 Å². The van der Waals surface area contributed by atoms with Crippen LogP contribution >= 0.6 is 11.8 Å². The molecule has 1 aliphatic heterocycles. The first-order valence-electron chi connectivity index (χ1n) is 9.10. The van der Waals surface area contributed by atoms with E-state index in [2.05, 4.69) is 0 Å². The number of allylic oxidation sites excluding steroid dienone is 2. The molecule has 0 radical (unpaired) electrons. The topological polar surface area (TPSA) is 174 Å². The van der Waals surface area contributed by atoms with Crippen molar-refractivity contribution in [3.63, 3.8) is 0 Å². The number of phenols is 2. The van der Waals surface area contributed by atoms with Crippen LogP contribution in [0.2, 0.25) is 0 Å². The molecule has 1 aromatic carbocycles. The van der Waals surface area contributed by atoms with E-state index in [9.17, 15) is 40.2 Å². The van der Waals surface area contributed by atoms with Gasteiger partial charge in [-0.1, -0.05) is 18.7 Å². The molecule has 2 aliphatic rings. The molecule has 1 heterocycles. The number of ketones is 2. The lowest BCUT2D eigenvalue weighted by Crippen LogP contribution is -2.57. The molecule has 0 aromatic heterocycles. The summed E-state index contributed by atoms with van der Waals surface area (Å²) in [5.41, 5.74) is -1.87. The van der Waals surface area contributed by atoms with Gasteiger partial charge < -0.3 is 40.1 Å². The van der Waals surface area contributed by atoms with E-state index in [1.807, 2.05) is 0 Å². The zero-order valence-corrected chi connectivity index (χ0v) is 16.9.